The normalized spacial score (nSPS) is 12.5. The molecule has 4 rings (SSSR count). The minimum absolute atomic E-state index is 0.0293. The maximum absolute atomic E-state index is 10.6. The molecule has 0 aliphatic rings. The van der Waals surface area contributed by atoms with Gasteiger partial charge in [0.1, 0.15) is 13.2 Å². The molecule has 0 radical (unpaired) electrons. The summed E-state index contributed by atoms with van der Waals surface area (Å²) in [6.45, 7) is -0.390. The van der Waals surface area contributed by atoms with Crippen LogP contribution in [0.3, 0.4) is 0 Å². The predicted molar refractivity (Wildman–Crippen MR) is 166 cm³/mol. The van der Waals surface area contributed by atoms with Gasteiger partial charge in [-0.25, -0.2) is 0 Å². The van der Waals surface area contributed by atoms with E-state index >= 15 is 0 Å². The fraction of sp³-hybridized carbons (Fsp3) is 0.294. The van der Waals surface area contributed by atoms with E-state index in [0.29, 0.717) is 36.8 Å². The topological polar surface area (TPSA) is 221 Å². The third-order valence-corrected chi connectivity index (χ3v) is 7.72. The first-order valence-corrected chi connectivity index (χ1v) is 14.6. The molecule has 12 heteroatoms. The molecule has 0 amide bonds. The van der Waals surface area contributed by atoms with Crippen LogP contribution in [0.4, 0.5) is 0 Å². The highest BCUT2D eigenvalue weighted by Crippen LogP contribution is 2.38. The van der Waals surface area contributed by atoms with Gasteiger partial charge < -0.3 is 60.5 Å². The van der Waals surface area contributed by atoms with Gasteiger partial charge in [0.05, 0.1) is 0 Å². The zero-order valence-corrected chi connectivity index (χ0v) is 24.9. The van der Waals surface area contributed by atoms with E-state index in [1.54, 1.807) is 30.3 Å². The first kappa shape index (κ1) is 33.7. The Morgan fingerprint density at radius 1 is 0.478 bits per heavy atom. The first-order chi connectivity index (χ1) is 22.0. The average molecular weight is 639 g/mol. The lowest BCUT2D eigenvalue weighted by atomic mass is 9.80. The fourth-order valence-electron chi connectivity index (χ4n) is 5.28. The lowest BCUT2D eigenvalue weighted by molar-refractivity contribution is 0.158. The summed E-state index contributed by atoms with van der Waals surface area (Å²) >= 11 is 0. The highest BCUT2D eigenvalue weighted by atomic mass is 16.5. The minimum Gasteiger partial charge on any atom is -0.504 e. The van der Waals surface area contributed by atoms with Crippen LogP contribution < -0.4 is 9.47 Å². The van der Waals surface area contributed by atoms with Crippen LogP contribution in [-0.2, 0) is 26.1 Å². The summed E-state index contributed by atoms with van der Waals surface area (Å²) in [5, 5.41) is 98.9. The van der Waals surface area contributed by atoms with Crippen LogP contribution in [0.1, 0.15) is 35.1 Å². The monoisotopic (exact) mass is 638 g/mol. The Morgan fingerprint density at radius 3 is 1.24 bits per heavy atom. The summed E-state index contributed by atoms with van der Waals surface area (Å²) in [4.78, 5) is 0. The van der Waals surface area contributed by atoms with Crippen LogP contribution in [0.15, 0.2) is 60.7 Å². The van der Waals surface area contributed by atoms with Crippen molar-refractivity contribution in [3.05, 3.63) is 82.9 Å². The molecule has 246 valence electrons. The summed E-state index contributed by atoms with van der Waals surface area (Å²) in [5.74, 6) is -3.59. The van der Waals surface area contributed by atoms with E-state index in [1.807, 2.05) is 0 Å². The van der Waals surface area contributed by atoms with Crippen molar-refractivity contribution in [1.82, 2.24) is 0 Å². The van der Waals surface area contributed by atoms with Crippen molar-refractivity contribution < 1.29 is 60.5 Å². The third kappa shape index (κ3) is 8.49. The second kappa shape index (κ2) is 15.2. The molecule has 0 fully saturated rings. The number of benzene rings is 4. The Kier molecular flexibility index (Phi) is 11.1. The van der Waals surface area contributed by atoms with Crippen LogP contribution in [0.2, 0.25) is 0 Å². The van der Waals surface area contributed by atoms with E-state index in [4.69, 9.17) is 9.47 Å². The van der Waals surface area contributed by atoms with Gasteiger partial charge in [0.2, 0.25) is 0 Å². The SMILES string of the molecule is OCCC[C@H](Cc1ccc(OCc2cc(O)c(O)c(O)c2)c(O)c1)[C@H](CO)Cc1ccc(OCc2cc(O)c(O)c(O)c2)c(O)c1. The molecule has 0 spiro atoms. The average Bonchev–Trinajstić information content (AvgIpc) is 3.02. The number of rotatable bonds is 15. The minimum atomic E-state index is -0.637. The molecule has 0 heterocycles. The molecule has 46 heavy (non-hydrogen) atoms. The summed E-state index contributed by atoms with van der Waals surface area (Å²) in [6.07, 6.45) is 1.97. The van der Waals surface area contributed by atoms with Crippen LogP contribution in [0.5, 0.6) is 57.5 Å². The Bertz CT molecular complexity index is 1590. The first-order valence-electron chi connectivity index (χ1n) is 14.6. The zero-order valence-electron chi connectivity index (χ0n) is 24.9. The van der Waals surface area contributed by atoms with Crippen molar-refractivity contribution >= 4 is 0 Å². The Balaban J connectivity index is 1.41. The highest BCUT2D eigenvalue weighted by Gasteiger charge is 2.23. The molecule has 0 aliphatic heterocycles. The second-order valence-corrected chi connectivity index (χ2v) is 11.1. The van der Waals surface area contributed by atoms with Gasteiger partial charge in [-0.05, 0) is 108 Å². The van der Waals surface area contributed by atoms with Gasteiger partial charge in [-0.15, -0.1) is 0 Å². The zero-order chi connectivity index (χ0) is 33.4. The molecule has 12 nitrogen and oxygen atoms in total. The predicted octanol–water partition coefficient (Wildman–Crippen LogP) is 4.27. The molecular formula is C34H38O12. The van der Waals surface area contributed by atoms with Gasteiger partial charge in [-0.2, -0.15) is 0 Å². The van der Waals surface area contributed by atoms with E-state index < -0.39 is 34.5 Å². The lowest BCUT2D eigenvalue weighted by Gasteiger charge is -2.26. The molecular weight excluding hydrogens is 600 g/mol. The molecule has 0 saturated heterocycles. The molecule has 4 aromatic carbocycles. The Morgan fingerprint density at radius 2 is 0.870 bits per heavy atom. The smallest absolute Gasteiger partial charge is 0.200 e. The molecule has 10 N–H and O–H groups in total. The van der Waals surface area contributed by atoms with E-state index in [1.165, 1.54) is 30.3 Å². The van der Waals surface area contributed by atoms with Crippen LogP contribution in [0, 0.1) is 11.8 Å². The van der Waals surface area contributed by atoms with Gasteiger partial charge >= 0.3 is 0 Å². The van der Waals surface area contributed by atoms with Gasteiger partial charge in [-0.3, -0.25) is 0 Å². The molecule has 0 unspecified atom stereocenters. The Hall–Kier alpha value is -5.20. The molecule has 0 aliphatic carbocycles. The maximum Gasteiger partial charge on any atom is 0.200 e. The van der Waals surface area contributed by atoms with Crippen molar-refractivity contribution in [3.8, 4) is 57.5 Å². The largest absolute Gasteiger partial charge is 0.504 e. The highest BCUT2D eigenvalue weighted by molar-refractivity contribution is 5.52. The van der Waals surface area contributed by atoms with E-state index in [-0.39, 0.29) is 61.3 Å². The van der Waals surface area contributed by atoms with Crippen molar-refractivity contribution in [2.45, 2.75) is 38.9 Å². The van der Waals surface area contributed by atoms with Crippen LogP contribution in [0.25, 0.3) is 0 Å². The van der Waals surface area contributed by atoms with Crippen molar-refractivity contribution in [2.24, 2.45) is 11.8 Å². The fourth-order valence-corrected chi connectivity index (χ4v) is 5.28. The van der Waals surface area contributed by atoms with Crippen LogP contribution >= 0.6 is 0 Å². The second-order valence-electron chi connectivity index (χ2n) is 11.1. The van der Waals surface area contributed by atoms with Gasteiger partial charge in [0.15, 0.2) is 57.5 Å². The maximum atomic E-state index is 10.6. The van der Waals surface area contributed by atoms with Gasteiger partial charge in [0.25, 0.3) is 0 Å². The molecule has 0 saturated carbocycles. The number of hydrogen-bond acceptors (Lipinski definition) is 12. The molecule has 2 atom stereocenters. The van der Waals surface area contributed by atoms with Crippen molar-refractivity contribution in [3.63, 3.8) is 0 Å². The number of aromatic hydroxyl groups is 8. The number of ether oxygens (including phenoxy) is 2. The van der Waals surface area contributed by atoms with Gasteiger partial charge in [-0.1, -0.05) is 12.1 Å². The summed E-state index contributed by atoms with van der Waals surface area (Å²) in [7, 11) is 0. The number of aliphatic hydroxyl groups excluding tert-OH is 2. The van der Waals surface area contributed by atoms with E-state index in [2.05, 4.69) is 0 Å². The summed E-state index contributed by atoms with van der Waals surface area (Å²) < 4.78 is 11.3. The van der Waals surface area contributed by atoms with Crippen LogP contribution in [-0.4, -0.2) is 64.3 Å². The number of phenols is 8. The van der Waals surface area contributed by atoms with Gasteiger partial charge in [0, 0.05) is 13.2 Å². The molecule has 0 bridgehead atoms. The Labute approximate surface area is 264 Å². The van der Waals surface area contributed by atoms with Crippen molar-refractivity contribution in [1.29, 1.82) is 0 Å². The quantitative estimate of drug-likeness (QED) is 0.0825. The number of hydrogen-bond donors (Lipinski definition) is 10. The standard InChI is InChI=1S/C34H38O12/c35-7-1-2-23(8-19-3-5-31(25(37)10-19)45-17-21-12-27(39)33(43)28(40)13-21)24(16-36)9-20-4-6-32(26(38)11-20)46-18-22-14-29(41)34(44)30(42)15-22/h3-6,10-15,23-24,35-44H,1-2,7-9,16-18H2/t23-,24+/m1/s1. The lowest BCUT2D eigenvalue weighted by Crippen LogP contribution is -2.23. The summed E-state index contributed by atoms with van der Waals surface area (Å²) in [5.41, 5.74) is 2.24. The number of aliphatic hydroxyl groups is 2. The number of phenolic OH excluding ortho intramolecular Hbond substituents is 8. The van der Waals surface area contributed by atoms with Crippen molar-refractivity contribution in [2.75, 3.05) is 13.2 Å². The molecule has 0 aromatic heterocycles. The van der Waals surface area contributed by atoms with E-state index in [9.17, 15) is 51.1 Å². The van der Waals surface area contributed by atoms with E-state index in [0.717, 1.165) is 11.1 Å². The summed E-state index contributed by atoms with van der Waals surface area (Å²) in [6, 6.07) is 14.7. The molecule has 4 aromatic rings. The third-order valence-electron chi connectivity index (χ3n) is 7.72.